The van der Waals surface area contributed by atoms with Gasteiger partial charge in [0.05, 0.1) is 33.6 Å². The van der Waals surface area contributed by atoms with Crippen molar-refractivity contribution in [3.05, 3.63) is 158 Å². The third-order valence-electron chi connectivity index (χ3n) is 8.65. The van der Waals surface area contributed by atoms with Gasteiger partial charge in [0, 0.05) is 38.4 Å². The van der Waals surface area contributed by atoms with E-state index in [2.05, 4.69) is 127 Å². The number of aromatic nitrogens is 4. The van der Waals surface area contributed by atoms with Crippen LogP contribution in [0, 0.1) is 0 Å². The van der Waals surface area contributed by atoms with Crippen LogP contribution in [0.5, 0.6) is 0 Å². The van der Waals surface area contributed by atoms with Crippen molar-refractivity contribution in [1.29, 1.82) is 0 Å². The lowest BCUT2D eigenvalue weighted by Crippen LogP contribution is -1.96. The summed E-state index contributed by atoms with van der Waals surface area (Å²) in [5.74, 6) is 0.714. The van der Waals surface area contributed by atoms with Crippen LogP contribution in [0.4, 0.5) is 0 Å². The molecule has 4 heteroatoms. The molecule has 9 rings (SSSR count). The first-order valence-corrected chi connectivity index (χ1v) is 15.4. The fourth-order valence-electron chi connectivity index (χ4n) is 6.36. The highest BCUT2D eigenvalue weighted by Gasteiger charge is 2.15. The Morgan fingerprint density at radius 1 is 0.348 bits per heavy atom. The fraction of sp³-hybridized carbons (Fsp3) is 0. The Morgan fingerprint density at radius 2 is 0.935 bits per heavy atom. The molecule has 0 spiro atoms. The van der Waals surface area contributed by atoms with Crippen molar-refractivity contribution in [1.82, 2.24) is 19.9 Å². The lowest BCUT2D eigenvalue weighted by molar-refractivity contribution is 1.23. The number of fused-ring (bicyclic) bond motifs is 5. The van der Waals surface area contributed by atoms with Gasteiger partial charge in [0.25, 0.3) is 0 Å². The van der Waals surface area contributed by atoms with Gasteiger partial charge in [-0.3, -0.25) is 0 Å². The zero-order chi connectivity index (χ0) is 30.5. The molecule has 46 heavy (non-hydrogen) atoms. The van der Waals surface area contributed by atoms with Gasteiger partial charge in [-0.05, 0) is 35.0 Å². The second-order valence-corrected chi connectivity index (χ2v) is 11.5. The van der Waals surface area contributed by atoms with Crippen molar-refractivity contribution in [3.63, 3.8) is 0 Å². The number of hydrogen-bond donors (Lipinski definition) is 0. The van der Waals surface area contributed by atoms with Crippen molar-refractivity contribution in [2.75, 3.05) is 0 Å². The number of para-hydroxylation sites is 1. The van der Waals surface area contributed by atoms with Gasteiger partial charge in [-0.15, -0.1) is 0 Å². The van der Waals surface area contributed by atoms with Gasteiger partial charge in [-0.1, -0.05) is 133 Å². The van der Waals surface area contributed by atoms with Gasteiger partial charge in [0.15, 0.2) is 5.82 Å². The van der Waals surface area contributed by atoms with E-state index in [1.807, 2.05) is 30.3 Å². The average Bonchev–Trinajstić information content (AvgIpc) is 3.14. The Morgan fingerprint density at radius 3 is 1.74 bits per heavy atom. The van der Waals surface area contributed by atoms with Crippen LogP contribution in [0.1, 0.15) is 0 Å². The van der Waals surface area contributed by atoms with E-state index >= 15 is 0 Å². The average molecular weight is 587 g/mol. The fourth-order valence-corrected chi connectivity index (χ4v) is 6.36. The van der Waals surface area contributed by atoms with Gasteiger partial charge >= 0.3 is 0 Å². The van der Waals surface area contributed by atoms with Gasteiger partial charge in [0.2, 0.25) is 0 Å². The molecule has 3 heterocycles. The van der Waals surface area contributed by atoms with Gasteiger partial charge < -0.3 is 0 Å². The van der Waals surface area contributed by atoms with Gasteiger partial charge in [0.1, 0.15) is 0 Å². The van der Waals surface area contributed by atoms with Crippen molar-refractivity contribution >= 4 is 43.5 Å². The maximum atomic E-state index is 5.21. The SMILES string of the molecule is c1ccc(-c2ccc3ccc4ccc(-c5cccc(-c6nc(-c7cccc8ccccc78)nc7ccccc67)c5)nc4c3n2)cc1. The molecule has 0 N–H and O–H groups in total. The number of nitrogens with zero attached hydrogens (tertiary/aromatic N) is 4. The molecule has 4 nitrogen and oxygen atoms in total. The molecular formula is C42H26N4. The van der Waals surface area contributed by atoms with E-state index in [9.17, 15) is 0 Å². The van der Waals surface area contributed by atoms with Crippen molar-refractivity contribution in [2.24, 2.45) is 0 Å². The molecule has 0 fully saturated rings. The summed E-state index contributed by atoms with van der Waals surface area (Å²) < 4.78 is 0. The second kappa shape index (κ2) is 10.7. The predicted octanol–water partition coefficient (Wildman–Crippen LogP) is 10.5. The van der Waals surface area contributed by atoms with Gasteiger partial charge in [-0.2, -0.15) is 0 Å². The van der Waals surface area contributed by atoms with E-state index in [-0.39, 0.29) is 0 Å². The molecule has 0 bridgehead atoms. The molecule has 0 unspecified atom stereocenters. The molecule has 6 aromatic carbocycles. The van der Waals surface area contributed by atoms with Crippen LogP contribution in [0.2, 0.25) is 0 Å². The summed E-state index contributed by atoms with van der Waals surface area (Å²) in [5, 5.41) is 5.45. The highest BCUT2D eigenvalue weighted by Crippen LogP contribution is 2.34. The third-order valence-corrected chi connectivity index (χ3v) is 8.65. The smallest absolute Gasteiger partial charge is 0.161 e. The van der Waals surface area contributed by atoms with E-state index in [0.717, 1.165) is 77.4 Å². The van der Waals surface area contributed by atoms with E-state index in [1.165, 1.54) is 5.39 Å². The van der Waals surface area contributed by atoms with E-state index in [1.54, 1.807) is 0 Å². The molecule has 214 valence electrons. The zero-order valence-electron chi connectivity index (χ0n) is 24.8. The van der Waals surface area contributed by atoms with Crippen LogP contribution < -0.4 is 0 Å². The lowest BCUT2D eigenvalue weighted by atomic mass is 10.0. The Balaban J connectivity index is 1.20. The minimum Gasteiger partial charge on any atom is -0.245 e. The molecule has 0 aliphatic rings. The Hall–Kier alpha value is -6.26. The van der Waals surface area contributed by atoms with Crippen LogP contribution in [0.3, 0.4) is 0 Å². The van der Waals surface area contributed by atoms with Crippen LogP contribution in [-0.4, -0.2) is 19.9 Å². The summed E-state index contributed by atoms with van der Waals surface area (Å²) >= 11 is 0. The summed E-state index contributed by atoms with van der Waals surface area (Å²) in [5.41, 5.74) is 9.58. The first-order valence-electron chi connectivity index (χ1n) is 15.4. The minimum absolute atomic E-state index is 0.714. The predicted molar refractivity (Wildman–Crippen MR) is 189 cm³/mol. The van der Waals surface area contributed by atoms with Crippen molar-refractivity contribution in [3.8, 4) is 45.2 Å². The monoisotopic (exact) mass is 586 g/mol. The largest absolute Gasteiger partial charge is 0.245 e. The molecule has 0 radical (unpaired) electrons. The first kappa shape index (κ1) is 26.2. The molecular weight excluding hydrogens is 560 g/mol. The number of benzene rings is 6. The van der Waals surface area contributed by atoms with Gasteiger partial charge in [-0.25, -0.2) is 19.9 Å². The van der Waals surface area contributed by atoms with Crippen LogP contribution >= 0.6 is 0 Å². The molecule has 0 saturated carbocycles. The van der Waals surface area contributed by atoms with Crippen LogP contribution in [-0.2, 0) is 0 Å². The molecule has 0 amide bonds. The molecule has 3 aromatic heterocycles. The number of rotatable bonds is 4. The van der Waals surface area contributed by atoms with E-state index in [0.29, 0.717) is 5.82 Å². The normalized spacial score (nSPS) is 11.5. The maximum Gasteiger partial charge on any atom is 0.161 e. The highest BCUT2D eigenvalue weighted by molar-refractivity contribution is 6.04. The number of hydrogen-bond acceptors (Lipinski definition) is 4. The minimum atomic E-state index is 0.714. The Bertz CT molecular complexity index is 2590. The maximum absolute atomic E-state index is 5.21. The quantitative estimate of drug-likeness (QED) is 0.193. The van der Waals surface area contributed by atoms with Crippen LogP contribution in [0.25, 0.3) is 88.6 Å². The van der Waals surface area contributed by atoms with Crippen LogP contribution in [0.15, 0.2) is 158 Å². The Kier molecular flexibility index (Phi) is 6.10. The molecule has 0 aliphatic heterocycles. The number of pyridine rings is 2. The summed E-state index contributed by atoms with van der Waals surface area (Å²) in [6.45, 7) is 0. The second-order valence-electron chi connectivity index (χ2n) is 11.5. The standard InChI is InChI=1S/C42H26N4/c1-2-11-28(12-3-1)36-24-22-29-20-21-30-23-25-37(44-41(30)40(29)43-36)31-14-8-15-32(26-31)39-35-17-6-7-19-38(35)45-42(46-39)34-18-9-13-27-10-4-5-16-33(27)34/h1-26H. The molecule has 0 aliphatic carbocycles. The summed E-state index contributed by atoms with van der Waals surface area (Å²) in [4.78, 5) is 20.5. The van der Waals surface area contributed by atoms with E-state index in [4.69, 9.17) is 19.9 Å². The first-order chi connectivity index (χ1) is 22.8. The highest BCUT2D eigenvalue weighted by atomic mass is 14.9. The van der Waals surface area contributed by atoms with E-state index < -0.39 is 0 Å². The zero-order valence-corrected chi connectivity index (χ0v) is 24.8. The van der Waals surface area contributed by atoms with Crippen molar-refractivity contribution in [2.45, 2.75) is 0 Å². The molecule has 0 saturated heterocycles. The molecule has 9 aromatic rings. The molecule has 0 atom stereocenters. The third kappa shape index (κ3) is 4.47. The lowest BCUT2D eigenvalue weighted by Gasteiger charge is -2.12. The van der Waals surface area contributed by atoms with Crippen molar-refractivity contribution < 1.29 is 0 Å². The topological polar surface area (TPSA) is 51.6 Å². The summed E-state index contributed by atoms with van der Waals surface area (Å²) in [6, 6.07) is 54.4. The summed E-state index contributed by atoms with van der Waals surface area (Å²) in [6.07, 6.45) is 0. The summed E-state index contributed by atoms with van der Waals surface area (Å²) in [7, 11) is 0. The Labute approximate surface area is 265 Å².